The molecule has 0 rings (SSSR count). The Morgan fingerprint density at radius 2 is 0.675 bits per heavy atom. The number of hydrogen-bond acceptors (Lipinski definition) is 3. The van der Waals surface area contributed by atoms with E-state index in [1.54, 1.807) is 0 Å². The van der Waals surface area contributed by atoms with E-state index in [9.17, 15) is 13.0 Å². The molecule has 1 atom stereocenters. The maximum Gasteiger partial charge on any atom is 0.397 e. The third kappa shape index (κ3) is 30.8. The molecule has 0 aromatic heterocycles. The first-order valence-electron chi connectivity index (χ1n) is 18.1. The van der Waals surface area contributed by atoms with Gasteiger partial charge in [0.1, 0.15) is 0 Å². The lowest BCUT2D eigenvalue weighted by atomic mass is 9.90. The van der Waals surface area contributed by atoms with Crippen LogP contribution < -0.4 is 0 Å². The SMILES string of the molecule is CCCCCCCCCCCCCCCCC(CCCCCCCCCCCCCCCC)C(C)OS(=O)(=O)O. The lowest BCUT2D eigenvalue weighted by Gasteiger charge is -2.23. The molecule has 0 spiro atoms. The van der Waals surface area contributed by atoms with Gasteiger partial charge in [0.2, 0.25) is 0 Å². The molecule has 0 heterocycles. The van der Waals surface area contributed by atoms with Crippen molar-refractivity contribution in [3.05, 3.63) is 0 Å². The van der Waals surface area contributed by atoms with E-state index in [4.69, 9.17) is 4.18 Å². The fourth-order valence-corrected chi connectivity index (χ4v) is 6.63. The Balaban J connectivity index is 3.83. The van der Waals surface area contributed by atoms with Crippen molar-refractivity contribution in [1.29, 1.82) is 0 Å². The monoisotopic (exact) mass is 589 g/mol. The van der Waals surface area contributed by atoms with Gasteiger partial charge in [0, 0.05) is 0 Å². The molecule has 0 aliphatic heterocycles. The minimum atomic E-state index is -4.39. The minimum Gasteiger partial charge on any atom is -0.264 e. The topological polar surface area (TPSA) is 63.6 Å². The van der Waals surface area contributed by atoms with Gasteiger partial charge in [-0.25, -0.2) is 4.18 Å². The zero-order valence-corrected chi connectivity index (χ0v) is 28.3. The van der Waals surface area contributed by atoms with Crippen LogP contribution >= 0.6 is 0 Å². The number of unbranched alkanes of at least 4 members (excludes halogenated alkanes) is 26. The molecular formula is C35H72O4S. The summed E-state index contributed by atoms with van der Waals surface area (Å²) in [5.74, 6) is 0.205. The summed E-state index contributed by atoms with van der Waals surface area (Å²) in [7, 11) is -4.39. The zero-order chi connectivity index (χ0) is 29.6. The molecule has 1 unspecified atom stereocenters. The fraction of sp³-hybridized carbons (Fsp3) is 1.00. The van der Waals surface area contributed by atoms with Gasteiger partial charge in [0.25, 0.3) is 0 Å². The van der Waals surface area contributed by atoms with E-state index in [0.717, 1.165) is 25.7 Å². The van der Waals surface area contributed by atoms with Crippen LogP contribution in [-0.4, -0.2) is 19.1 Å². The summed E-state index contributed by atoms with van der Waals surface area (Å²) in [4.78, 5) is 0. The average Bonchev–Trinajstić information content (AvgIpc) is 2.91. The van der Waals surface area contributed by atoms with E-state index < -0.39 is 16.5 Å². The van der Waals surface area contributed by atoms with E-state index in [2.05, 4.69) is 13.8 Å². The second-order valence-corrected chi connectivity index (χ2v) is 13.8. The molecule has 0 aromatic rings. The van der Waals surface area contributed by atoms with Crippen molar-refractivity contribution in [2.45, 2.75) is 219 Å². The van der Waals surface area contributed by atoms with Crippen molar-refractivity contribution in [2.24, 2.45) is 5.92 Å². The summed E-state index contributed by atoms with van der Waals surface area (Å²) in [5, 5.41) is 0. The Kier molecular flexibility index (Phi) is 30.2. The molecule has 0 bridgehead atoms. The Morgan fingerprint density at radius 3 is 0.900 bits per heavy atom. The van der Waals surface area contributed by atoms with Crippen molar-refractivity contribution in [2.75, 3.05) is 0 Å². The summed E-state index contributed by atoms with van der Waals surface area (Å²) in [6.07, 6.45) is 39.2. The maximum atomic E-state index is 11.3. The van der Waals surface area contributed by atoms with Gasteiger partial charge in [-0.3, -0.25) is 4.55 Å². The molecule has 0 aromatic carbocycles. The summed E-state index contributed by atoms with van der Waals surface area (Å²) in [5.41, 5.74) is 0. The number of rotatable bonds is 33. The summed E-state index contributed by atoms with van der Waals surface area (Å²) < 4.78 is 36.7. The van der Waals surface area contributed by atoms with Crippen molar-refractivity contribution in [3.8, 4) is 0 Å². The minimum absolute atomic E-state index is 0.205. The van der Waals surface area contributed by atoms with E-state index in [1.165, 1.54) is 167 Å². The van der Waals surface area contributed by atoms with Crippen LogP contribution in [0.1, 0.15) is 213 Å². The molecule has 0 aliphatic carbocycles. The molecule has 0 aliphatic rings. The van der Waals surface area contributed by atoms with Gasteiger partial charge in [-0.2, -0.15) is 8.42 Å². The van der Waals surface area contributed by atoms with Gasteiger partial charge < -0.3 is 0 Å². The molecule has 242 valence electrons. The van der Waals surface area contributed by atoms with Crippen LogP contribution in [0.2, 0.25) is 0 Å². The van der Waals surface area contributed by atoms with Crippen LogP contribution in [-0.2, 0) is 14.6 Å². The molecule has 0 saturated heterocycles. The van der Waals surface area contributed by atoms with Crippen molar-refractivity contribution >= 4 is 10.4 Å². The Hall–Kier alpha value is -0.130. The molecule has 0 fully saturated rings. The van der Waals surface area contributed by atoms with Crippen molar-refractivity contribution in [1.82, 2.24) is 0 Å². The van der Waals surface area contributed by atoms with Gasteiger partial charge in [-0.15, -0.1) is 0 Å². The summed E-state index contributed by atoms with van der Waals surface area (Å²) in [6, 6.07) is 0. The second-order valence-electron chi connectivity index (χ2n) is 12.8. The Morgan fingerprint density at radius 1 is 0.450 bits per heavy atom. The van der Waals surface area contributed by atoms with Crippen LogP contribution in [0.15, 0.2) is 0 Å². The molecule has 5 heteroatoms. The number of hydrogen-bond donors (Lipinski definition) is 1. The van der Waals surface area contributed by atoms with E-state index >= 15 is 0 Å². The van der Waals surface area contributed by atoms with Crippen LogP contribution in [0.5, 0.6) is 0 Å². The van der Waals surface area contributed by atoms with Crippen LogP contribution in [0.4, 0.5) is 0 Å². The highest BCUT2D eigenvalue weighted by Crippen LogP contribution is 2.25. The maximum absolute atomic E-state index is 11.3. The van der Waals surface area contributed by atoms with Crippen LogP contribution in [0.3, 0.4) is 0 Å². The van der Waals surface area contributed by atoms with Crippen LogP contribution in [0.25, 0.3) is 0 Å². The van der Waals surface area contributed by atoms with Gasteiger partial charge in [0.05, 0.1) is 6.10 Å². The molecule has 4 nitrogen and oxygen atoms in total. The molecule has 0 radical (unpaired) electrons. The van der Waals surface area contributed by atoms with Gasteiger partial charge >= 0.3 is 10.4 Å². The second kappa shape index (κ2) is 30.3. The normalized spacial score (nSPS) is 12.9. The first kappa shape index (κ1) is 39.9. The van der Waals surface area contributed by atoms with Gasteiger partial charge in [-0.1, -0.05) is 194 Å². The largest absolute Gasteiger partial charge is 0.397 e. The molecule has 1 N–H and O–H groups in total. The van der Waals surface area contributed by atoms with E-state index in [1.807, 2.05) is 6.92 Å². The average molecular weight is 589 g/mol. The predicted molar refractivity (Wildman–Crippen MR) is 175 cm³/mol. The quantitative estimate of drug-likeness (QED) is 0.0611. The molecule has 0 amide bonds. The highest BCUT2D eigenvalue weighted by Gasteiger charge is 2.22. The van der Waals surface area contributed by atoms with Gasteiger partial charge in [-0.05, 0) is 25.7 Å². The summed E-state index contributed by atoms with van der Waals surface area (Å²) >= 11 is 0. The standard InChI is InChI=1S/C35H72O4S/c1-4-6-8-10-12-14-16-18-20-22-24-26-28-30-32-35(34(3)39-40(36,37)38)33-31-29-27-25-23-21-19-17-15-13-11-9-7-5-2/h34-35H,4-33H2,1-3H3,(H,36,37,38). The lowest BCUT2D eigenvalue weighted by Crippen LogP contribution is -2.24. The first-order valence-corrected chi connectivity index (χ1v) is 19.4. The highest BCUT2D eigenvalue weighted by molar-refractivity contribution is 7.80. The molecular weight excluding hydrogens is 516 g/mol. The molecule has 40 heavy (non-hydrogen) atoms. The lowest BCUT2D eigenvalue weighted by molar-refractivity contribution is 0.124. The summed E-state index contributed by atoms with van der Waals surface area (Å²) in [6.45, 7) is 6.36. The third-order valence-electron chi connectivity index (χ3n) is 8.79. The van der Waals surface area contributed by atoms with Crippen molar-refractivity contribution < 1.29 is 17.2 Å². The van der Waals surface area contributed by atoms with Crippen LogP contribution in [0, 0.1) is 5.92 Å². The van der Waals surface area contributed by atoms with E-state index in [0.29, 0.717) is 0 Å². The van der Waals surface area contributed by atoms with Gasteiger partial charge in [0.15, 0.2) is 0 Å². The zero-order valence-electron chi connectivity index (χ0n) is 27.4. The molecule has 0 saturated carbocycles. The predicted octanol–water partition coefficient (Wildman–Crippen LogP) is 12.6. The fourth-order valence-electron chi connectivity index (χ4n) is 6.09. The first-order chi connectivity index (χ1) is 19.4. The smallest absolute Gasteiger partial charge is 0.264 e. The Labute approximate surface area is 252 Å². The third-order valence-corrected chi connectivity index (χ3v) is 9.34. The van der Waals surface area contributed by atoms with Crippen molar-refractivity contribution in [3.63, 3.8) is 0 Å². The van der Waals surface area contributed by atoms with E-state index in [-0.39, 0.29) is 5.92 Å². The highest BCUT2D eigenvalue weighted by atomic mass is 32.3. The Bertz CT molecular complexity index is 560.